The van der Waals surface area contributed by atoms with Gasteiger partial charge in [0.05, 0.1) is 19.6 Å². The second-order valence-electron chi connectivity index (χ2n) is 4.43. The van der Waals surface area contributed by atoms with Gasteiger partial charge in [0, 0.05) is 18.6 Å². The van der Waals surface area contributed by atoms with E-state index >= 15 is 0 Å². The van der Waals surface area contributed by atoms with Gasteiger partial charge in [-0.25, -0.2) is 0 Å². The number of fused-ring (bicyclic) bond motifs is 1. The number of esters is 1. The normalized spacial score (nSPS) is 33.8. The molecular weight excluding hydrogens is 208 g/mol. The van der Waals surface area contributed by atoms with Gasteiger partial charge in [-0.05, 0) is 12.8 Å². The molecule has 0 spiro atoms. The highest BCUT2D eigenvalue weighted by Crippen LogP contribution is 2.33. The maximum Gasteiger partial charge on any atom is 0.310 e. The summed E-state index contributed by atoms with van der Waals surface area (Å²) in [5, 5.41) is 3.08. The molecule has 2 saturated heterocycles. The van der Waals surface area contributed by atoms with Crippen LogP contribution in [0.2, 0.25) is 0 Å². The van der Waals surface area contributed by atoms with Crippen LogP contribution in [0.25, 0.3) is 0 Å². The number of carbonyl (C=O) groups is 2. The summed E-state index contributed by atoms with van der Waals surface area (Å²) in [6, 6.07) is 0.183. The highest BCUT2D eigenvalue weighted by molar-refractivity contribution is 5.82. The van der Waals surface area contributed by atoms with Gasteiger partial charge in [-0.2, -0.15) is 0 Å². The molecule has 3 atom stereocenters. The van der Waals surface area contributed by atoms with Crippen molar-refractivity contribution in [2.24, 2.45) is 5.92 Å². The van der Waals surface area contributed by atoms with Gasteiger partial charge in [0.2, 0.25) is 5.91 Å². The van der Waals surface area contributed by atoms with Gasteiger partial charge in [0.25, 0.3) is 0 Å². The number of hydrogen-bond donors (Lipinski definition) is 1. The highest BCUT2D eigenvalue weighted by Gasteiger charge is 2.47. The number of nitrogens with zero attached hydrogens (tertiary/aromatic N) is 1. The summed E-state index contributed by atoms with van der Waals surface area (Å²) >= 11 is 0. The number of hydrogen-bond acceptors (Lipinski definition) is 4. The van der Waals surface area contributed by atoms with E-state index < -0.39 is 0 Å². The SMILES string of the molecule is CC[C@H]1[C@@H](C(=O)OC)C[C@H]2CNCC(=O)N21. The summed E-state index contributed by atoms with van der Waals surface area (Å²) in [7, 11) is 1.41. The molecule has 0 aromatic rings. The number of methoxy groups -OCH3 is 1. The molecule has 5 nitrogen and oxygen atoms in total. The molecule has 1 N–H and O–H groups in total. The minimum atomic E-state index is -0.186. The van der Waals surface area contributed by atoms with Gasteiger partial charge in [-0.3, -0.25) is 9.59 Å². The monoisotopic (exact) mass is 226 g/mol. The fourth-order valence-electron chi connectivity index (χ4n) is 2.92. The van der Waals surface area contributed by atoms with Crippen LogP contribution >= 0.6 is 0 Å². The van der Waals surface area contributed by atoms with Crippen LogP contribution in [0.15, 0.2) is 0 Å². The highest BCUT2D eigenvalue weighted by atomic mass is 16.5. The first-order valence-electron chi connectivity index (χ1n) is 5.78. The quantitative estimate of drug-likeness (QED) is 0.660. The third-order valence-electron chi connectivity index (χ3n) is 3.61. The number of ether oxygens (including phenoxy) is 1. The molecule has 2 fully saturated rings. The van der Waals surface area contributed by atoms with Gasteiger partial charge in [-0.1, -0.05) is 6.92 Å². The Hall–Kier alpha value is -1.10. The van der Waals surface area contributed by atoms with E-state index in [1.807, 2.05) is 11.8 Å². The zero-order valence-electron chi connectivity index (χ0n) is 9.73. The summed E-state index contributed by atoms with van der Waals surface area (Å²) < 4.78 is 4.81. The number of carbonyl (C=O) groups excluding carboxylic acids is 2. The van der Waals surface area contributed by atoms with Crippen LogP contribution in [-0.4, -0.2) is 49.1 Å². The summed E-state index contributed by atoms with van der Waals surface area (Å²) in [6.07, 6.45) is 1.53. The fourth-order valence-corrected chi connectivity index (χ4v) is 2.92. The predicted octanol–water partition coefficient (Wildman–Crippen LogP) is -0.242. The molecule has 0 saturated carbocycles. The molecule has 0 radical (unpaired) electrons. The molecule has 0 aromatic heterocycles. The van der Waals surface area contributed by atoms with Crippen molar-refractivity contribution in [2.75, 3.05) is 20.2 Å². The molecule has 90 valence electrons. The molecule has 2 rings (SSSR count). The van der Waals surface area contributed by atoms with Gasteiger partial charge in [0.15, 0.2) is 0 Å². The molecule has 2 aliphatic heterocycles. The van der Waals surface area contributed by atoms with Crippen molar-refractivity contribution in [3.63, 3.8) is 0 Å². The Kier molecular flexibility index (Phi) is 3.14. The summed E-state index contributed by atoms with van der Waals surface area (Å²) in [5.74, 6) is -0.229. The van der Waals surface area contributed by atoms with E-state index in [4.69, 9.17) is 4.74 Å². The number of rotatable bonds is 2. The van der Waals surface area contributed by atoms with Crippen LogP contribution in [0.5, 0.6) is 0 Å². The topological polar surface area (TPSA) is 58.6 Å². The molecule has 0 bridgehead atoms. The lowest BCUT2D eigenvalue weighted by molar-refractivity contribution is -0.147. The Bertz CT molecular complexity index is 306. The minimum absolute atomic E-state index is 0.0204. The maximum atomic E-state index is 11.8. The molecule has 16 heavy (non-hydrogen) atoms. The Balaban J connectivity index is 2.19. The van der Waals surface area contributed by atoms with Crippen LogP contribution in [0.1, 0.15) is 19.8 Å². The Morgan fingerprint density at radius 3 is 3.00 bits per heavy atom. The lowest BCUT2D eigenvalue weighted by Crippen LogP contribution is -2.54. The van der Waals surface area contributed by atoms with E-state index in [9.17, 15) is 9.59 Å². The Morgan fingerprint density at radius 2 is 2.38 bits per heavy atom. The summed E-state index contributed by atoms with van der Waals surface area (Å²) in [4.78, 5) is 25.4. The van der Waals surface area contributed by atoms with Crippen LogP contribution in [0.4, 0.5) is 0 Å². The summed E-state index contributed by atoms with van der Waals surface area (Å²) in [6.45, 7) is 3.19. The van der Waals surface area contributed by atoms with Crippen LogP contribution in [-0.2, 0) is 14.3 Å². The van der Waals surface area contributed by atoms with Crippen molar-refractivity contribution < 1.29 is 14.3 Å². The average Bonchev–Trinajstić information content (AvgIpc) is 2.68. The minimum Gasteiger partial charge on any atom is -0.469 e. The van der Waals surface area contributed by atoms with Crippen molar-refractivity contribution in [2.45, 2.75) is 31.8 Å². The van der Waals surface area contributed by atoms with E-state index in [-0.39, 0.29) is 29.9 Å². The first-order valence-corrected chi connectivity index (χ1v) is 5.78. The van der Waals surface area contributed by atoms with Gasteiger partial charge in [-0.15, -0.1) is 0 Å². The molecule has 5 heteroatoms. The summed E-state index contributed by atoms with van der Waals surface area (Å²) in [5.41, 5.74) is 0. The van der Waals surface area contributed by atoms with Crippen molar-refractivity contribution in [1.82, 2.24) is 10.2 Å². The Labute approximate surface area is 95.1 Å². The van der Waals surface area contributed by atoms with Gasteiger partial charge < -0.3 is 15.0 Å². The van der Waals surface area contributed by atoms with Crippen LogP contribution < -0.4 is 5.32 Å². The first-order chi connectivity index (χ1) is 7.69. The smallest absolute Gasteiger partial charge is 0.310 e. The van der Waals surface area contributed by atoms with E-state index in [0.717, 1.165) is 19.4 Å². The second kappa shape index (κ2) is 4.41. The van der Waals surface area contributed by atoms with Gasteiger partial charge >= 0.3 is 5.97 Å². The van der Waals surface area contributed by atoms with E-state index in [1.54, 1.807) is 0 Å². The standard InChI is InChI=1S/C11H18N2O3/c1-3-9-8(11(15)16-2)4-7-5-12-6-10(14)13(7)9/h7-9,12H,3-6H2,1-2H3/t7-,8-,9-/m0/s1. The molecule has 0 aromatic carbocycles. The van der Waals surface area contributed by atoms with Crippen molar-refractivity contribution in [1.29, 1.82) is 0 Å². The fraction of sp³-hybridized carbons (Fsp3) is 0.818. The van der Waals surface area contributed by atoms with E-state index in [0.29, 0.717) is 6.54 Å². The van der Waals surface area contributed by atoms with Crippen LogP contribution in [0.3, 0.4) is 0 Å². The van der Waals surface area contributed by atoms with Crippen molar-refractivity contribution in [3.05, 3.63) is 0 Å². The Morgan fingerprint density at radius 1 is 1.62 bits per heavy atom. The van der Waals surface area contributed by atoms with E-state index in [2.05, 4.69) is 5.32 Å². The molecule has 1 amide bonds. The lowest BCUT2D eigenvalue weighted by Gasteiger charge is -2.34. The zero-order chi connectivity index (χ0) is 11.7. The predicted molar refractivity (Wildman–Crippen MR) is 57.7 cm³/mol. The second-order valence-corrected chi connectivity index (χ2v) is 4.43. The number of piperazine rings is 1. The largest absolute Gasteiger partial charge is 0.469 e. The molecule has 2 aliphatic rings. The molecule has 0 aliphatic carbocycles. The first kappa shape index (κ1) is 11.4. The third kappa shape index (κ3) is 1.69. The molecule has 2 heterocycles. The lowest BCUT2D eigenvalue weighted by atomic mass is 9.97. The average molecular weight is 226 g/mol. The van der Waals surface area contributed by atoms with Crippen LogP contribution in [0, 0.1) is 5.92 Å². The maximum absolute atomic E-state index is 11.8. The third-order valence-corrected chi connectivity index (χ3v) is 3.61. The molecular formula is C11H18N2O3. The molecule has 0 unspecified atom stereocenters. The van der Waals surface area contributed by atoms with Crippen molar-refractivity contribution >= 4 is 11.9 Å². The number of nitrogens with one attached hydrogen (secondary N) is 1. The van der Waals surface area contributed by atoms with Gasteiger partial charge in [0.1, 0.15) is 0 Å². The zero-order valence-corrected chi connectivity index (χ0v) is 9.73. The number of amides is 1. The van der Waals surface area contributed by atoms with Crippen molar-refractivity contribution in [3.8, 4) is 0 Å². The van der Waals surface area contributed by atoms with E-state index in [1.165, 1.54) is 7.11 Å².